The third-order valence-corrected chi connectivity index (χ3v) is 6.73. The van der Waals surface area contributed by atoms with E-state index >= 15 is 0 Å². The number of benzene rings is 3. The molecule has 5 N–H and O–H groups in total. The molecule has 190 valence electrons. The van der Waals surface area contributed by atoms with E-state index in [9.17, 15) is 35.1 Å². The molecule has 1 spiro atoms. The number of aliphatic hydroxyl groups is 3. The van der Waals surface area contributed by atoms with E-state index in [0.717, 1.165) is 0 Å². The van der Waals surface area contributed by atoms with Crippen LogP contribution >= 0.6 is 0 Å². The average Bonchev–Trinajstić information content (AvgIpc) is 3.16. The highest BCUT2D eigenvalue weighted by Gasteiger charge is 2.54. The van der Waals surface area contributed by atoms with Gasteiger partial charge in [0.15, 0.2) is 11.7 Å². The van der Waals surface area contributed by atoms with Crippen molar-refractivity contribution in [2.45, 2.75) is 36.3 Å². The maximum atomic E-state index is 12.9. The molecule has 3 aliphatic rings. The largest absolute Gasteiger partial charge is 0.508 e. The molecular formula is C26H20O11. The Kier molecular flexibility index (Phi) is 5.14. The van der Waals surface area contributed by atoms with Gasteiger partial charge in [0.2, 0.25) is 6.29 Å². The van der Waals surface area contributed by atoms with Crippen molar-refractivity contribution in [2.75, 3.05) is 0 Å². The number of carboxylic acids is 1. The van der Waals surface area contributed by atoms with Crippen LogP contribution in [0, 0.1) is 0 Å². The van der Waals surface area contributed by atoms with E-state index in [1.807, 2.05) is 0 Å². The fourth-order valence-corrected chi connectivity index (χ4v) is 5.00. The van der Waals surface area contributed by atoms with Gasteiger partial charge in [0, 0.05) is 28.8 Å². The number of hydrogen-bond donors (Lipinski definition) is 5. The van der Waals surface area contributed by atoms with Crippen LogP contribution in [0.4, 0.5) is 0 Å². The summed E-state index contributed by atoms with van der Waals surface area (Å²) in [6, 6.07) is 15.8. The number of aliphatic carboxylic acids is 1. The maximum Gasteiger partial charge on any atom is 0.340 e. The van der Waals surface area contributed by atoms with Gasteiger partial charge in [-0.25, -0.2) is 9.59 Å². The van der Waals surface area contributed by atoms with Crippen LogP contribution in [0.3, 0.4) is 0 Å². The number of carbonyl (C=O) groups is 2. The summed E-state index contributed by atoms with van der Waals surface area (Å²) in [4.78, 5) is 24.3. The molecule has 3 aromatic carbocycles. The highest BCUT2D eigenvalue weighted by Crippen LogP contribution is 2.57. The third-order valence-electron chi connectivity index (χ3n) is 6.73. The van der Waals surface area contributed by atoms with Gasteiger partial charge in [-0.15, -0.1) is 0 Å². The number of fused-ring (bicyclic) bond motifs is 6. The zero-order valence-corrected chi connectivity index (χ0v) is 18.8. The van der Waals surface area contributed by atoms with Crippen LogP contribution in [0.2, 0.25) is 0 Å². The fraction of sp³-hybridized carbons (Fsp3) is 0.231. The second-order valence-electron chi connectivity index (χ2n) is 8.91. The van der Waals surface area contributed by atoms with Crippen molar-refractivity contribution in [3.8, 4) is 23.0 Å². The van der Waals surface area contributed by atoms with Crippen LogP contribution in [-0.4, -0.2) is 68.2 Å². The van der Waals surface area contributed by atoms with Gasteiger partial charge >= 0.3 is 11.9 Å². The van der Waals surface area contributed by atoms with Gasteiger partial charge in [0.25, 0.3) is 0 Å². The molecule has 6 rings (SSSR count). The molecular weight excluding hydrogens is 488 g/mol. The highest BCUT2D eigenvalue weighted by molar-refractivity contribution is 5.97. The Morgan fingerprint density at radius 3 is 2.32 bits per heavy atom. The Balaban J connectivity index is 1.43. The van der Waals surface area contributed by atoms with Crippen LogP contribution in [0.25, 0.3) is 0 Å². The molecule has 3 aliphatic heterocycles. The van der Waals surface area contributed by atoms with Crippen LogP contribution in [0.1, 0.15) is 27.0 Å². The lowest BCUT2D eigenvalue weighted by atomic mass is 9.77. The smallest absolute Gasteiger partial charge is 0.340 e. The summed E-state index contributed by atoms with van der Waals surface area (Å²) >= 11 is 0. The predicted molar refractivity (Wildman–Crippen MR) is 121 cm³/mol. The second kappa shape index (κ2) is 8.18. The predicted octanol–water partition coefficient (Wildman–Crippen LogP) is 1.23. The van der Waals surface area contributed by atoms with Crippen LogP contribution in [-0.2, 0) is 19.9 Å². The summed E-state index contributed by atoms with van der Waals surface area (Å²) in [6.07, 6.45) is -8.91. The first-order valence-corrected chi connectivity index (χ1v) is 11.3. The molecule has 11 heteroatoms. The van der Waals surface area contributed by atoms with Crippen molar-refractivity contribution in [1.82, 2.24) is 0 Å². The molecule has 3 heterocycles. The van der Waals surface area contributed by atoms with Crippen molar-refractivity contribution in [2.24, 2.45) is 0 Å². The minimum absolute atomic E-state index is 0.0619. The number of rotatable bonds is 3. The summed E-state index contributed by atoms with van der Waals surface area (Å²) < 4.78 is 22.9. The van der Waals surface area contributed by atoms with Crippen molar-refractivity contribution >= 4 is 11.9 Å². The first-order chi connectivity index (χ1) is 17.7. The summed E-state index contributed by atoms with van der Waals surface area (Å²) in [5.41, 5.74) is 0.536. The van der Waals surface area contributed by atoms with Gasteiger partial charge in [-0.1, -0.05) is 18.2 Å². The number of aliphatic hydroxyl groups excluding tert-OH is 3. The number of ether oxygens (including phenoxy) is 4. The summed E-state index contributed by atoms with van der Waals surface area (Å²) in [5, 5.41) is 49.6. The summed E-state index contributed by atoms with van der Waals surface area (Å²) in [6.45, 7) is 0. The molecule has 0 saturated carbocycles. The SMILES string of the molecule is O=C1OC2(c3ccc(O)cc3Oc3cc(OC4O[C@H](C(=O)O)[C@@H](O)[C@H](O)[C@H]4O)ccc32)c2ccccc21. The second-order valence-corrected chi connectivity index (χ2v) is 8.91. The molecule has 3 aromatic rings. The number of carbonyl (C=O) groups excluding carboxylic acids is 1. The van der Waals surface area contributed by atoms with E-state index in [2.05, 4.69) is 0 Å². The zero-order chi connectivity index (χ0) is 26.1. The standard InChI is InChI=1S/C26H20O11/c27-11-5-7-15-17(9-11)35-18-10-12(34-25-21(30)19(28)20(29)22(36-25)23(31)32)6-8-16(18)26(15)14-4-2-1-3-13(14)24(33)37-26/h1-10,19-22,25,27-30H,(H,31,32)/t19-,20-,21+,22-,25?,26?/m0/s1. The first-order valence-electron chi connectivity index (χ1n) is 11.3. The Labute approximate surface area is 208 Å². The Bertz CT molecular complexity index is 1440. The van der Waals surface area contributed by atoms with Gasteiger partial charge in [0.1, 0.15) is 41.3 Å². The number of hydrogen-bond acceptors (Lipinski definition) is 10. The van der Waals surface area contributed by atoms with Crippen LogP contribution in [0.15, 0.2) is 60.7 Å². The molecule has 0 aliphatic carbocycles. The quantitative estimate of drug-likeness (QED) is 0.322. The number of aromatic hydroxyl groups is 1. The molecule has 6 atom stereocenters. The molecule has 1 fully saturated rings. The molecule has 11 nitrogen and oxygen atoms in total. The number of esters is 1. The van der Waals surface area contributed by atoms with Gasteiger partial charge in [-0.2, -0.15) is 0 Å². The van der Waals surface area contributed by atoms with E-state index in [4.69, 9.17) is 18.9 Å². The molecule has 0 aromatic heterocycles. The molecule has 0 radical (unpaired) electrons. The topological polar surface area (TPSA) is 172 Å². The van der Waals surface area contributed by atoms with Crippen molar-refractivity contribution in [3.63, 3.8) is 0 Å². The van der Waals surface area contributed by atoms with E-state index in [0.29, 0.717) is 22.3 Å². The lowest BCUT2D eigenvalue weighted by Crippen LogP contribution is -2.61. The van der Waals surface area contributed by atoms with Crippen molar-refractivity contribution in [1.29, 1.82) is 0 Å². The minimum Gasteiger partial charge on any atom is -0.508 e. The third kappa shape index (κ3) is 3.36. The molecule has 0 bridgehead atoms. The summed E-state index contributed by atoms with van der Waals surface area (Å²) in [7, 11) is 0. The molecule has 2 unspecified atom stereocenters. The van der Waals surface area contributed by atoms with Gasteiger partial charge in [0.05, 0.1) is 5.56 Å². The number of phenols is 1. The number of carboxylic acid groups (broad SMARTS) is 1. The van der Waals surface area contributed by atoms with Crippen LogP contribution < -0.4 is 9.47 Å². The van der Waals surface area contributed by atoms with Gasteiger partial charge in [-0.3, -0.25) is 0 Å². The minimum atomic E-state index is -1.86. The van der Waals surface area contributed by atoms with E-state index < -0.39 is 48.2 Å². The fourth-order valence-electron chi connectivity index (χ4n) is 5.00. The first kappa shape index (κ1) is 23.3. The van der Waals surface area contributed by atoms with Gasteiger partial charge < -0.3 is 44.5 Å². The average molecular weight is 508 g/mol. The number of phenolic OH excluding ortho intramolecular Hbond substituents is 1. The molecule has 37 heavy (non-hydrogen) atoms. The Hall–Kier alpha value is -4.16. The van der Waals surface area contributed by atoms with Gasteiger partial charge in [-0.05, 0) is 30.3 Å². The van der Waals surface area contributed by atoms with Crippen molar-refractivity contribution < 1.29 is 54.1 Å². The normalized spacial score (nSPS) is 29.5. The van der Waals surface area contributed by atoms with E-state index in [-0.39, 0.29) is 23.0 Å². The monoisotopic (exact) mass is 508 g/mol. The van der Waals surface area contributed by atoms with E-state index in [1.165, 1.54) is 24.3 Å². The molecule has 0 amide bonds. The summed E-state index contributed by atoms with van der Waals surface area (Å²) in [5.74, 6) is -1.66. The van der Waals surface area contributed by atoms with Crippen LogP contribution in [0.5, 0.6) is 23.0 Å². The highest BCUT2D eigenvalue weighted by atomic mass is 16.7. The lowest BCUT2D eigenvalue weighted by Gasteiger charge is -2.39. The van der Waals surface area contributed by atoms with Crippen molar-refractivity contribution in [3.05, 3.63) is 82.9 Å². The maximum absolute atomic E-state index is 12.9. The zero-order valence-electron chi connectivity index (χ0n) is 18.8. The Morgan fingerprint density at radius 2 is 1.57 bits per heavy atom. The molecule has 1 saturated heterocycles. The van der Waals surface area contributed by atoms with E-state index in [1.54, 1.807) is 36.4 Å². The lowest BCUT2D eigenvalue weighted by molar-refractivity contribution is -0.271. The Morgan fingerprint density at radius 1 is 0.865 bits per heavy atom.